The lowest BCUT2D eigenvalue weighted by Crippen LogP contribution is -2.52. The fourth-order valence-electron chi connectivity index (χ4n) is 4.45. The van der Waals surface area contributed by atoms with Crippen LogP contribution >= 0.6 is 0 Å². The van der Waals surface area contributed by atoms with Crippen LogP contribution in [0.4, 0.5) is 0 Å². The van der Waals surface area contributed by atoms with Crippen molar-refractivity contribution in [1.29, 1.82) is 0 Å². The van der Waals surface area contributed by atoms with Crippen molar-refractivity contribution in [3.05, 3.63) is 35.9 Å². The number of ether oxygens (including phenoxy) is 3. The first-order valence-electron chi connectivity index (χ1n) is 11.0. The van der Waals surface area contributed by atoms with Gasteiger partial charge in [-0.1, -0.05) is 49.6 Å². The largest absolute Gasteiger partial charge is 0.467 e. The van der Waals surface area contributed by atoms with Gasteiger partial charge in [0.05, 0.1) is 39.1 Å². The van der Waals surface area contributed by atoms with Crippen LogP contribution in [0, 0.1) is 5.92 Å². The first kappa shape index (κ1) is 22.7. The van der Waals surface area contributed by atoms with E-state index < -0.39 is 18.1 Å². The van der Waals surface area contributed by atoms with Crippen LogP contribution in [0.3, 0.4) is 0 Å². The zero-order valence-corrected chi connectivity index (χ0v) is 17.8. The minimum absolute atomic E-state index is 0.163. The highest BCUT2D eigenvalue weighted by Crippen LogP contribution is 2.29. The molecule has 30 heavy (non-hydrogen) atoms. The SMILES string of the molecule is COC(=O)[C@@H]1C[C@@H](OCCOCc2ccccc2)CN1C(=O)[C@@H](N)C1CCCCC1. The van der Waals surface area contributed by atoms with Crippen molar-refractivity contribution in [2.24, 2.45) is 11.7 Å². The number of hydrogen-bond acceptors (Lipinski definition) is 6. The third kappa shape index (κ3) is 6.03. The van der Waals surface area contributed by atoms with E-state index in [-0.39, 0.29) is 17.9 Å². The van der Waals surface area contributed by atoms with Crippen LogP contribution in [0.5, 0.6) is 0 Å². The zero-order valence-electron chi connectivity index (χ0n) is 17.8. The van der Waals surface area contributed by atoms with Crippen molar-refractivity contribution in [2.75, 3.05) is 26.9 Å². The van der Waals surface area contributed by atoms with E-state index in [1.807, 2.05) is 30.3 Å². The minimum atomic E-state index is -0.632. The first-order valence-corrected chi connectivity index (χ1v) is 11.0. The number of rotatable bonds is 9. The summed E-state index contributed by atoms with van der Waals surface area (Å²) < 4.78 is 16.5. The highest BCUT2D eigenvalue weighted by molar-refractivity contribution is 5.88. The van der Waals surface area contributed by atoms with Crippen LogP contribution in [0.25, 0.3) is 0 Å². The summed E-state index contributed by atoms with van der Waals surface area (Å²) in [6, 6.07) is 8.75. The quantitative estimate of drug-likeness (QED) is 0.489. The van der Waals surface area contributed by atoms with Gasteiger partial charge < -0.3 is 24.8 Å². The van der Waals surface area contributed by atoms with Gasteiger partial charge >= 0.3 is 5.97 Å². The van der Waals surface area contributed by atoms with E-state index in [4.69, 9.17) is 19.9 Å². The molecule has 166 valence electrons. The minimum Gasteiger partial charge on any atom is -0.467 e. The number of esters is 1. The molecule has 1 saturated carbocycles. The number of carbonyl (C=O) groups is 2. The topological polar surface area (TPSA) is 91.1 Å². The first-order chi connectivity index (χ1) is 14.6. The predicted octanol–water partition coefficient (Wildman–Crippen LogP) is 2.27. The highest BCUT2D eigenvalue weighted by atomic mass is 16.5. The number of nitrogens with two attached hydrogens (primary N) is 1. The summed E-state index contributed by atoms with van der Waals surface area (Å²) in [5, 5.41) is 0. The molecule has 2 aliphatic rings. The molecule has 0 radical (unpaired) electrons. The molecule has 3 rings (SSSR count). The second-order valence-corrected chi connectivity index (χ2v) is 8.22. The maximum Gasteiger partial charge on any atom is 0.328 e. The summed E-state index contributed by atoms with van der Waals surface area (Å²) >= 11 is 0. The summed E-state index contributed by atoms with van der Waals surface area (Å²) in [4.78, 5) is 26.9. The average Bonchev–Trinajstić information content (AvgIpc) is 3.22. The standard InChI is InChI=1S/C23H34N2O5/c1-28-23(27)20-14-19(30-13-12-29-16-17-8-4-2-5-9-17)15-25(20)22(26)21(24)18-10-6-3-7-11-18/h2,4-5,8-9,18-21H,3,6-7,10-16,24H2,1H3/t19-,20+,21+/m1/s1. The van der Waals surface area contributed by atoms with Gasteiger partial charge in [0.15, 0.2) is 0 Å². The van der Waals surface area contributed by atoms with Gasteiger partial charge in [0.1, 0.15) is 6.04 Å². The van der Waals surface area contributed by atoms with Crippen molar-refractivity contribution in [1.82, 2.24) is 4.90 Å². The molecule has 7 heteroatoms. The second kappa shape index (κ2) is 11.4. The molecule has 1 aliphatic carbocycles. The molecule has 0 bridgehead atoms. The van der Waals surface area contributed by atoms with Gasteiger partial charge in [-0.05, 0) is 24.3 Å². The maximum atomic E-state index is 13.1. The monoisotopic (exact) mass is 418 g/mol. The van der Waals surface area contributed by atoms with E-state index in [2.05, 4.69) is 0 Å². The molecule has 1 aromatic rings. The number of amides is 1. The number of benzene rings is 1. The smallest absolute Gasteiger partial charge is 0.328 e. The van der Waals surface area contributed by atoms with Crippen molar-refractivity contribution >= 4 is 11.9 Å². The molecule has 1 saturated heterocycles. The van der Waals surface area contributed by atoms with Gasteiger partial charge in [-0.25, -0.2) is 4.79 Å². The van der Waals surface area contributed by atoms with Gasteiger partial charge in [0.25, 0.3) is 0 Å². The van der Waals surface area contributed by atoms with Gasteiger partial charge in [0, 0.05) is 13.0 Å². The van der Waals surface area contributed by atoms with Crippen molar-refractivity contribution in [2.45, 2.75) is 63.3 Å². The Balaban J connectivity index is 1.48. The molecule has 3 atom stereocenters. The van der Waals surface area contributed by atoms with E-state index in [1.165, 1.54) is 13.5 Å². The lowest BCUT2D eigenvalue weighted by Gasteiger charge is -2.31. The number of likely N-dealkylation sites (tertiary alicyclic amines) is 1. The van der Waals surface area contributed by atoms with Crippen LogP contribution in [0.15, 0.2) is 30.3 Å². The molecule has 1 aliphatic heterocycles. The van der Waals surface area contributed by atoms with Crippen LogP contribution in [0.1, 0.15) is 44.1 Å². The molecule has 2 N–H and O–H groups in total. The van der Waals surface area contributed by atoms with E-state index in [1.54, 1.807) is 4.90 Å². The summed E-state index contributed by atoms with van der Waals surface area (Å²) in [6.07, 6.45) is 5.58. The molecule has 7 nitrogen and oxygen atoms in total. The summed E-state index contributed by atoms with van der Waals surface area (Å²) in [5.41, 5.74) is 7.42. The average molecular weight is 419 g/mol. The van der Waals surface area contributed by atoms with Gasteiger partial charge in [-0.2, -0.15) is 0 Å². The van der Waals surface area contributed by atoms with E-state index in [0.29, 0.717) is 32.8 Å². The molecule has 0 aromatic heterocycles. The Morgan fingerprint density at radius 3 is 2.57 bits per heavy atom. The van der Waals surface area contributed by atoms with E-state index in [0.717, 1.165) is 31.2 Å². The number of methoxy groups -OCH3 is 1. The molecule has 0 spiro atoms. The van der Waals surface area contributed by atoms with Crippen LogP contribution in [-0.2, 0) is 30.4 Å². The summed E-state index contributed by atoms with van der Waals surface area (Å²) in [6.45, 7) is 1.74. The van der Waals surface area contributed by atoms with Crippen LogP contribution in [-0.4, -0.2) is 61.8 Å². The predicted molar refractivity (Wildman–Crippen MR) is 113 cm³/mol. The molecular weight excluding hydrogens is 384 g/mol. The molecule has 2 fully saturated rings. The zero-order chi connectivity index (χ0) is 21.3. The molecule has 1 aromatic carbocycles. The Bertz CT molecular complexity index is 677. The van der Waals surface area contributed by atoms with Crippen molar-refractivity contribution in [3.8, 4) is 0 Å². The molecule has 1 heterocycles. The molecule has 1 amide bonds. The lowest BCUT2D eigenvalue weighted by atomic mass is 9.83. The van der Waals surface area contributed by atoms with Crippen molar-refractivity contribution in [3.63, 3.8) is 0 Å². The number of nitrogens with zero attached hydrogens (tertiary/aromatic N) is 1. The number of carbonyl (C=O) groups excluding carboxylic acids is 2. The molecule has 0 unspecified atom stereocenters. The Kier molecular flexibility index (Phi) is 8.66. The van der Waals surface area contributed by atoms with Gasteiger partial charge in [0.2, 0.25) is 5.91 Å². The highest BCUT2D eigenvalue weighted by Gasteiger charge is 2.43. The van der Waals surface area contributed by atoms with E-state index >= 15 is 0 Å². The summed E-state index contributed by atoms with van der Waals surface area (Å²) in [7, 11) is 1.34. The number of hydrogen-bond donors (Lipinski definition) is 1. The second-order valence-electron chi connectivity index (χ2n) is 8.22. The van der Waals surface area contributed by atoms with Crippen LogP contribution in [0.2, 0.25) is 0 Å². The lowest BCUT2D eigenvalue weighted by molar-refractivity contribution is -0.151. The van der Waals surface area contributed by atoms with Crippen LogP contribution < -0.4 is 5.73 Å². The third-order valence-corrected chi connectivity index (χ3v) is 6.15. The fourth-order valence-corrected chi connectivity index (χ4v) is 4.45. The Morgan fingerprint density at radius 1 is 1.13 bits per heavy atom. The maximum absolute atomic E-state index is 13.1. The molecular formula is C23H34N2O5. The van der Waals surface area contributed by atoms with Gasteiger partial charge in [-0.15, -0.1) is 0 Å². The Labute approximate surface area is 178 Å². The Morgan fingerprint density at radius 2 is 1.87 bits per heavy atom. The van der Waals surface area contributed by atoms with Crippen molar-refractivity contribution < 1.29 is 23.8 Å². The van der Waals surface area contributed by atoms with E-state index in [9.17, 15) is 9.59 Å². The Hall–Kier alpha value is -1.96. The third-order valence-electron chi connectivity index (χ3n) is 6.15. The summed E-state index contributed by atoms with van der Waals surface area (Å²) in [5.74, 6) is -0.384. The normalized spacial score (nSPS) is 23.3. The van der Waals surface area contributed by atoms with Gasteiger partial charge in [-0.3, -0.25) is 4.79 Å². The fraction of sp³-hybridized carbons (Fsp3) is 0.652.